The highest BCUT2D eigenvalue weighted by Gasteiger charge is 2.33. The molecule has 0 saturated carbocycles. The summed E-state index contributed by atoms with van der Waals surface area (Å²) in [4.78, 5) is 33.9. The number of hydrogen-bond acceptors (Lipinski definition) is 8. The summed E-state index contributed by atoms with van der Waals surface area (Å²) in [5.41, 5.74) is 10.3. The van der Waals surface area contributed by atoms with Crippen molar-refractivity contribution in [3.8, 4) is 0 Å². The Morgan fingerprint density at radius 3 is 2.53 bits per heavy atom. The summed E-state index contributed by atoms with van der Waals surface area (Å²) in [5, 5.41) is 0. The molecule has 9 heteroatoms. The van der Waals surface area contributed by atoms with E-state index in [0.717, 1.165) is 16.8 Å². The van der Waals surface area contributed by atoms with Gasteiger partial charge >= 0.3 is 5.97 Å². The highest BCUT2D eigenvalue weighted by molar-refractivity contribution is 7.07. The minimum atomic E-state index is -0.614. The van der Waals surface area contributed by atoms with E-state index in [1.54, 1.807) is 11.5 Å². The van der Waals surface area contributed by atoms with Crippen LogP contribution in [0.3, 0.4) is 0 Å². The van der Waals surface area contributed by atoms with Crippen LogP contribution in [0.1, 0.15) is 30.1 Å². The molecule has 3 aromatic rings. The van der Waals surface area contributed by atoms with Crippen LogP contribution in [0.5, 0.6) is 0 Å². The third-order valence-electron chi connectivity index (χ3n) is 6.70. The molecule has 2 aromatic carbocycles. The molecule has 1 saturated heterocycles. The number of aromatic nitrogens is 1. The topological polar surface area (TPSA) is 88.0 Å². The predicted molar refractivity (Wildman–Crippen MR) is 141 cm³/mol. The number of hydrazine groups is 1. The Kier molecular flexibility index (Phi) is 6.61. The second kappa shape index (κ2) is 9.85. The number of nitrogens with one attached hydrogen (secondary N) is 2. The molecule has 0 radical (unpaired) electrons. The quantitative estimate of drug-likeness (QED) is 0.517. The molecule has 2 N–H and O–H groups in total. The van der Waals surface area contributed by atoms with Gasteiger partial charge in [-0.15, -0.1) is 0 Å². The summed E-state index contributed by atoms with van der Waals surface area (Å²) in [5.74, 6) is -0.409. The first-order chi connectivity index (χ1) is 17.4. The molecule has 36 heavy (non-hydrogen) atoms. The van der Waals surface area contributed by atoms with Gasteiger partial charge in [0.2, 0.25) is 0 Å². The van der Waals surface area contributed by atoms with Gasteiger partial charge in [0.25, 0.3) is 5.56 Å². The Hall–Kier alpha value is -3.53. The third kappa shape index (κ3) is 4.30. The van der Waals surface area contributed by atoms with Crippen LogP contribution in [-0.4, -0.2) is 38.3 Å². The van der Waals surface area contributed by atoms with Crippen LogP contribution in [0.25, 0.3) is 6.08 Å². The average Bonchev–Trinajstić information content (AvgIpc) is 3.47. The molecule has 8 nitrogen and oxygen atoms in total. The van der Waals surface area contributed by atoms with Crippen molar-refractivity contribution < 1.29 is 9.53 Å². The number of methoxy groups -OCH3 is 1. The zero-order valence-corrected chi connectivity index (χ0v) is 21.5. The molecule has 0 amide bonds. The van der Waals surface area contributed by atoms with E-state index in [2.05, 4.69) is 28.0 Å². The first-order valence-electron chi connectivity index (χ1n) is 11.8. The number of benzene rings is 2. The zero-order valence-electron chi connectivity index (χ0n) is 20.7. The van der Waals surface area contributed by atoms with Crippen LogP contribution >= 0.6 is 11.3 Å². The largest absolute Gasteiger partial charge is 0.466 e. The van der Waals surface area contributed by atoms with E-state index in [4.69, 9.17) is 4.74 Å². The fraction of sp³-hybridized carbons (Fsp3) is 0.296. The van der Waals surface area contributed by atoms with Gasteiger partial charge in [0.1, 0.15) is 0 Å². The summed E-state index contributed by atoms with van der Waals surface area (Å²) >= 11 is 1.36. The maximum Gasteiger partial charge on any atom is 0.338 e. The van der Waals surface area contributed by atoms with E-state index >= 15 is 0 Å². The molecule has 1 fully saturated rings. The van der Waals surface area contributed by atoms with Crippen molar-refractivity contribution in [1.82, 2.24) is 15.4 Å². The van der Waals surface area contributed by atoms with Gasteiger partial charge in [0, 0.05) is 32.2 Å². The first kappa shape index (κ1) is 24.2. The predicted octanol–water partition coefficient (Wildman–Crippen LogP) is 1.89. The fourth-order valence-corrected chi connectivity index (χ4v) is 5.92. The number of nitrogens with zero attached hydrogens (tertiary/aromatic N) is 3. The van der Waals surface area contributed by atoms with Crippen molar-refractivity contribution in [1.29, 1.82) is 0 Å². The summed E-state index contributed by atoms with van der Waals surface area (Å²) in [6, 6.07) is 17.5. The van der Waals surface area contributed by atoms with E-state index in [1.165, 1.54) is 18.4 Å². The highest BCUT2D eigenvalue weighted by Crippen LogP contribution is 2.31. The number of carbonyl (C=O) groups is 1. The van der Waals surface area contributed by atoms with Crippen molar-refractivity contribution in [2.45, 2.75) is 19.0 Å². The SMILES string of the molecule is COC(=O)C1=C(C)N=c2s/c(=C/C3CNNC3c3ccccc3)c(=O)n2C1c1ccc(N(C)C)cc1. The van der Waals surface area contributed by atoms with Crippen LogP contribution in [-0.2, 0) is 9.53 Å². The van der Waals surface area contributed by atoms with Crippen molar-refractivity contribution in [3.63, 3.8) is 0 Å². The number of thiazole rings is 1. The number of esters is 1. The van der Waals surface area contributed by atoms with E-state index in [-0.39, 0.29) is 17.5 Å². The van der Waals surface area contributed by atoms with Gasteiger partial charge in [-0.2, -0.15) is 0 Å². The first-order valence-corrected chi connectivity index (χ1v) is 12.6. The highest BCUT2D eigenvalue weighted by atomic mass is 32.1. The molecule has 2 aliphatic rings. The lowest BCUT2D eigenvalue weighted by atomic mass is 9.94. The number of rotatable bonds is 5. The Bertz CT molecular complexity index is 1490. The fourth-order valence-electron chi connectivity index (χ4n) is 4.83. The lowest BCUT2D eigenvalue weighted by Crippen LogP contribution is -2.40. The monoisotopic (exact) mass is 503 g/mol. The molecule has 1 aromatic heterocycles. The third-order valence-corrected chi connectivity index (χ3v) is 7.70. The summed E-state index contributed by atoms with van der Waals surface area (Å²) < 4.78 is 7.35. The van der Waals surface area contributed by atoms with Gasteiger partial charge in [-0.3, -0.25) is 14.8 Å². The Balaban J connectivity index is 1.63. The van der Waals surface area contributed by atoms with Crippen molar-refractivity contribution in [2.75, 3.05) is 32.6 Å². The standard InChI is InChI=1S/C27H29N5O3S/c1-16-22(26(34)35-4)24(18-10-12-20(13-11-18)31(2)3)32-25(33)21(36-27(32)29-16)14-19-15-28-30-23(19)17-8-6-5-7-9-17/h5-14,19,23-24,28,30H,15H2,1-4H3/b21-14+. The Labute approximate surface area is 213 Å². The second-order valence-electron chi connectivity index (χ2n) is 9.16. The number of carbonyl (C=O) groups excluding carboxylic acids is 1. The van der Waals surface area contributed by atoms with E-state index in [0.29, 0.717) is 27.1 Å². The van der Waals surface area contributed by atoms with Crippen LogP contribution in [0.15, 0.2) is 75.7 Å². The van der Waals surface area contributed by atoms with E-state index < -0.39 is 12.0 Å². The Morgan fingerprint density at radius 1 is 1.14 bits per heavy atom. The molecular weight excluding hydrogens is 474 g/mol. The molecule has 186 valence electrons. The Morgan fingerprint density at radius 2 is 1.86 bits per heavy atom. The van der Waals surface area contributed by atoms with Crippen molar-refractivity contribution in [3.05, 3.63) is 96.7 Å². The van der Waals surface area contributed by atoms with Gasteiger partial charge in [0.15, 0.2) is 4.80 Å². The summed E-state index contributed by atoms with van der Waals surface area (Å²) in [6.07, 6.45) is 2.03. The summed E-state index contributed by atoms with van der Waals surface area (Å²) in [7, 11) is 5.29. The molecule has 0 aliphatic carbocycles. The molecule has 0 spiro atoms. The molecule has 5 rings (SSSR count). The molecular formula is C27H29N5O3S. The smallest absolute Gasteiger partial charge is 0.338 e. The van der Waals surface area contributed by atoms with Gasteiger partial charge in [-0.25, -0.2) is 15.2 Å². The lowest BCUT2D eigenvalue weighted by molar-refractivity contribution is -0.136. The average molecular weight is 504 g/mol. The molecule has 2 aliphatic heterocycles. The minimum absolute atomic E-state index is 0.0477. The van der Waals surface area contributed by atoms with Crippen LogP contribution in [0, 0.1) is 5.92 Å². The zero-order chi connectivity index (χ0) is 25.4. The normalized spacial score (nSPS) is 21.8. The number of fused-ring (bicyclic) bond motifs is 1. The van der Waals surface area contributed by atoms with Gasteiger partial charge < -0.3 is 9.64 Å². The van der Waals surface area contributed by atoms with Crippen LogP contribution in [0.4, 0.5) is 5.69 Å². The number of anilines is 1. The van der Waals surface area contributed by atoms with E-state index in [9.17, 15) is 9.59 Å². The molecule has 3 unspecified atom stereocenters. The number of allylic oxidation sites excluding steroid dienone is 1. The van der Waals surface area contributed by atoms with Gasteiger partial charge in [0.05, 0.1) is 35.0 Å². The van der Waals surface area contributed by atoms with Crippen LogP contribution < -0.4 is 30.6 Å². The van der Waals surface area contributed by atoms with Gasteiger partial charge in [-0.1, -0.05) is 59.9 Å². The maximum atomic E-state index is 13.8. The molecule has 0 bridgehead atoms. The lowest BCUT2D eigenvalue weighted by Gasteiger charge is -2.25. The van der Waals surface area contributed by atoms with Gasteiger partial charge in [-0.05, 0) is 30.2 Å². The number of hydrogen-bond donors (Lipinski definition) is 2. The second-order valence-corrected chi connectivity index (χ2v) is 10.2. The molecule has 3 heterocycles. The molecule has 3 atom stereocenters. The van der Waals surface area contributed by atoms with Crippen molar-refractivity contribution >= 4 is 29.1 Å². The summed E-state index contributed by atoms with van der Waals surface area (Å²) in [6.45, 7) is 2.49. The van der Waals surface area contributed by atoms with Crippen LogP contribution in [0.2, 0.25) is 0 Å². The van der Waals surface area contributed by atoms with E-state index in [1.807, 2.05) is 67.5 Å². The van der Waals surface area contributed by atoms with Crippen molar-refractivity contribution in [2.24, 2.45) is 10.9 Å². The maximum absolute atomic E-state index is 13.8. The number of ether oxygens (including phenoxy) is 1. The minimum Gasteiger partial charge on any atom is -0.466 e.